The molecule has 4 nitrogen and oxygen atoms in total. The molecule has 1 heterocycles. The third kappa shape index (κ3) is 4.73. The van der Waals surface area contributed by atoms with Gasteiger partial charge in [-0.25, -0.2) is 0 Å². The Morgan fingerprint density at radius 1 is 1.39 bits per heavy atom. The lowest BCUT2D eigenvalue weighted by Gasteiger charge is -2.10. The van der Waals surface area contributed by atoms with Crippen LogP contribution in [0.3, 0.4) is 0 Å². The Kier molecular flexibility index (Phi) is 5.00. The summed E-state index contributed by atoms with van der Waals surface area (Å²) in [6, 6.07) is 6.02. The molecule has 1 fully saturated rings. The SMILES string of the molecule is CCNC(=NCC1CC1)NCCc1ccccn1. The zero-order chi connectivity index (χ0) is 12.6. The van der Waals surface area contributed by atoms with Crippen molar-refractivity contribution in [3.63, 3.8) is 0 Å². The molecule has 0 amide bonds. The number of aliphatic imine (C=N–C) groups is 1. The molecule has 1 aliphatic rings. The van der Waals surface area contributed by atoms with Crippen LogP contribution in [0.1, 0.15) is 25.5 Å². The minimum atomic E-state index is 0.830. The van der Waals surface area contributed by atoms with Crippen LogP contribution in [-0.2, 0) is 6.42 Å². The van der Waals surface area contributed by atoms with Gasteiger partial charge in [-0.05, 0) is 37.8 Å². The van der Waals surface area contributed by atoms with Crippen LogP contribution in [0, 0.1) is 5.92 Å². The van der Waals surface area contributed by atoms with Crippen molar-refractivity contribution in [1.29, 1.82) is 0 Å². The van der Waals surface area contributed by atoms with Gasteiger partial charge in [0.05, 0.1) is 0 Å². The standard InChI is InChI=1S/C14H22N4/c1-2-15-14(18-11-12-6-7-12)17-10-8-13-5-3-4-9-16-13/h3-5,9,12H,2,6-8,10-11H2,1H3,(H2,15,17,18). The van der Waals surface area contributed by atoms with Crippen molar-refractivity contribution in [2.45, 2.75) is 26.2 Å². The van der Waals surface area contributed by atoms with Crippen molar-refractivity contribution in [3.05, 3.63) is 30.1 Å². The molecule has 0 aromatic carbocycles. The van der Waals surface area contributed by atoms with E-state index in [1.165, 1.54) is 12.8 Å². The number of guanidine groups is 1. The van der Waals surface area contributed by atoms with Crippen LogP contribution in [0.2, 0.25) is 0 Å². The van der Waals surface area contributed by atoms with Gasteiger partial charge in [-0.3, -0.25) is 9.98 Å². The second-order valence-electron chi connectivity index (χ2n) is 4.66. The van der Waals surface area contributed by atoms with E-state index in [4.69, 9.17) is 0 Å². The predicted octanol–water partition coefficient (Wildman–Crippen LogP) is 1.59. The number of nitrogens with zero attached hydrogens (tertiary/aromatic N) is 2. The van der Waals surface area contributed by atoms with E-state index >= 15 is 0 Å². The lowest BCUT2D eigenvalue weighted by molar-refractivity contribution is 0.770. The van der Waals surface area contributed by atoms with Crippen molar-refractivity contribution in [1.82, 2.24) is 15.6 Å². The molecule has 0 radical (unpaired) electrons. The number of aromatic nitrogens is 1. The van der Waals surface area contributed by atoms with Gasteiger partial charge in [-0.15, -0.1) is 0 Å². The van der Waals surface area contributed by atoms with Crippen LogP contribution in [0.15, 0.2) is 29.4 Å². The van der Waals surface area contributed by atoms with Crippen molar-refractivity contribution >= 4 is 5.96 Å². The molecule has 1 aromatic heterocycles. The highest BCUT2D eigenvalue weighted by molar-refractivity contribution is 5.79. The van der Waals surface area contributed by atoms with Gasteiger partial charge in [-0.2, -0.15) is 0 Å². The first-order chi connectivity index (χ1) is 8.88. The maximum atomic E-state index is 4.58. The smallest absolute Gasteiger partial charge is 0.191 e. The van der Waals surface area contributed by atoms with E-state index in [2.05, 4.69) is 33.6 Å². The normalized spacial score (nSPS) is 15.5. The monoisotopic (exact) mass is 246 g/mol. The summed E-state index contributed by atoms with van der Waals surface area (Å²) in [7, 11) is 0. The first-order valence-electron chi connectivity index (χ1n) is 6.80. The molecule has 18 heavy (non-hydrogen) atoms. The number of rotatable bonds is 6. The second-order valence-corrected chi connectivity index (χ2v) is 4.66. The van der Waals surface area contributed by atoms with Crippen LogP contribution in [-0.4, -0.2) is 30.6 Å². The van der Waals surface area contributed by atoms with Crippen LogP contribution in [0.4, 0.5) is 0 Å². The molecule has 0 aliphatic heterocycles. The summed E-state index contributed by atoms with van der Waals surface area (Å²) in [6.07, 6.45) is 5.45. The minimum Gasteiger partial charge on any atom is -0.357 e. The number of pyridine rings is 1. The lowest BCUT2D eigenvalue weighted by Crippen LogP contribution is -2.38. The topological polar surface area (TPSA) is 49.3 Å². The molecule has 1 saturated carbocycles. The zero-order valence-electron chi connectivity index (χ0n) is 11.0. The lowest BCUT2D eigenvalue weighted by atomic mass is 10.3. The molecule has 0 atom stereocenters. The van der Waals surface area contributed by atoms with E-state index in [0.717, 1.165) is 43.6 Å². The summed E-state index contributed by atoms with van der Waals surface area (Å²) in [5.41, 5.74) is 1.11. The maximum absolute atomic E-state index is 4.58. The van der Waals surface area contributed by atoms with Crippen molar-refractivity contribution in [2.75, 3.05) is 19.6 Å². The Morgan fingerprint density at radius 3 is 2.94 bits per heavy atom. The van der Waals surface area contributed by atoms with Gasteiger partial charge in [0, 0.05) is 37.9 Å². The fraction of sp³-hybridized carbons (Fsp3) is 0.571. The van der Waals surface area contributed by atoms with Gasteiger partial charge in [0.2, 0.25) is 0 Å². The Bertz CT molecular complexity index is 371. The Labute approximate surface area is 109 Å². The first kappa shape index (κ1) is 12.9. The fourth-order valence-corrected chi connectivity index (χ4v) is 1.72. The molecule has 0 saturated heterocycles. The molecular formula is C14H22N4. The maximum Gasteiger partial charge on any atom is 0.191 e. The molecular weight excluding hydrogens is 224 g/mol. The molecule has 0 bridgehead atoms. The number of hydrogen-bond donors (Lipinski definition) is 2. The van der Waals surface area contributed by atoms with Gasteiger partial charge in [0.1, 0.15) is 0 Å². The largest absolute Gasteiger partial charge is 0.357 e. The quantitative estimate of drug-likeness (QED) is 0.592. The molecule has 2 N–H and O–H groups in total. The van der Waals surface area contributed by atoms with E-state index in [-0.39, 0.29) is 0 Å². The molecule has 2 rings (SSSR count). The highest BCUT2D eigenvalue weighted by Gasteiger charge is 2.20. The van der Waals surface area contributed by atoms with Gasteiger partial charge in [0.25, 0.3) is 0 Å². The molecule has 0 spiro atoms. The van der Waals surface area contributed by atoms with E-state index in [0.29, 0.717) is 0 Å². The summed E-state index contributed by atoms with van der Waals surface area (Å²) in [4.78, 5) is 8.89. The van der Waals surface area contributed by atoms with Crippen molar-refractivity contribution < 1.29 is 0 Å². The summed E-state index contributed by atoms with van der Waals surface area (Å²) in [6.45, 7) is 4.82. The highest BCUT2D eigenvalue weighted by atomic mass is 15.2. The van der Waals surface area contributed by atoms with Crippen molar-refractivity contribution in [3.8, 4) is 0 Å². The van der Waals surface area contributed by atoms with E-state index in [9.17, 15) is 0 Å². The molecule has 1 aliphatic carbocycles. The van der Waals surface area contributed by atoms with Crippen LogP contribution < -0.4 is 10.6 Å². The third-order valence-corrected chi connectivity index (χ3v) is 2.95. The summed E-state index contributed by atoms with van der Waals surface area (Å²) >= 11 is 0. The van der Waals surface area contributed by atoms with Gasteiger partial charge < -0.3 is 10.6 Å². The minimum absolute atomic E-state index is 0.830. The van der Waals surface area contributed by atoms with Crippen LogP contribution >= 0.6 is 0 Å². The van der Waals surface area contributed by atoms with Crippen LogP contribution in [0.25, 0.3) is 0 Å². The van der Waals surface area contributed by atoms with E-state index < -0.39 is 0 Å². The average Bonchev–Trinajstić information content (AvgIpc) is 3.21. The molecule has 1 aromatic rings. The van der Waals surface area contributed by atoms with Gasteiger partial charge in [0.15, 0.2) is 5.96 Å². The fourth-order valence-electron chi connectivity index (χ4n) is 1.72. The zero-order valence-corrected chi connectivity index (χ0v) is 11.0. The van der Waals surface area contributed by atoms with Crippen molar-refractivity contribution in [2.24, 2.45) is 10.9 Å². The van der Waals surface area contributed by atoms with Crippen LogP contribution in [0.5, 0.6) is 0 Å². The Morgan fingerprint density at radius 2 is 2.28 bits per heavy atom. The molecule has 0 unspecified atom stereocenters. The average molecular weight is 246 g/mol. The first-order valence-corrected chi connectivity index (χ1v) is 6.80. The molecule has 4 heteroatoms. The van der Waals surface area contributed by atoms with Gasteiger partial charge in [-0.1, -0.05) is 6.07 Å². The summed E-state index contributed by atoms with van der Waals surface area (Å²) < 4.78 is 0. The Hall–Kier alpha value is -1.58. The number of hydrogen-bond acceptors (Lipinski definition) is 2. The Balaban J connectivity index is 1.72. The van der Waals surface area contributed by atoms with Gasteiger partial charge >= 0.3 is 0 Å². The van der Waals surface area contributed by atoms with E-state index in [1.807, 2.05) is 18.3 Å². The van der Waals surface area contributed by atoms with E-state index in [1.54, 1.807) is 0 Å². The molecule has 98 valence electrons. The number of nitrogens with one attached hydrogen (secondary N) is 2. The summed E-state index contributed by atoms with van der Waals surface area (Å²) in [5.74, 6) is 1.76. The third-order valence-electron chi connectivity index (χ3n) is 2.95. The highest BCUT2D eigenvalue weighted by Crippen LogP contribution is 2.28. The summed E-state index contributed by atoms with van der Waals surface area (Å²) in [5, 5.41) is 6.62. The predicted molar refractivity (Wildman–Crippen MR) is 74.6 cm³/mol. The second kappa shape index (κ2) is 6.99.